The molecule has 2 aromatic carbocycles. The number of ether oxygens (including phenoxy) is 1. The van der Waals surface area contributed by atoms with Crippen LogP contribution in [0, 0.1) is 41.5 Å². The van der Waals surface area contributed by atoms with E-state index in [0.29, 0.717) is 6.61 Å². The second kappa shape index (κ2) is 7.21. The molecule has 0 amide bonds. The van der Waals surface area contributed by atoms with Crippen molar-refractivity contribution >= 4 is 5.97 Å². The van der Waals surface area contributed by atoms with E-state index in [0.717, 1.165) is 33.4 Å². The van der Waals surface area contributed by atoms with E-state index in [2.05, 4.69) is 65.8 Å². The molecule has 0 radical (unpaired) electrons. The first-order valence-electron chi connectivity index (χ1n) is 8.58. The molecular formula is C22H28O2. The lowest BCUT2D eigenvalue weighted by Gasteiger charge is -2.24. The zero-order valence-electron chi connectivity index (χ0n) is 15.9. The minimum Gasteiger partial charge on any atom is -0.465 e. The van der Waals surface area contributed by atoms with Gasteiger partial charge in [-0.2, -0.15) is 0 Å². The van der Waals surface area contributed by atoms with E-state index in [1.54, 1.807) is 0 Å². The molecule has 0 spiro atoms. The van der Waals surface area contributed by atoms with Crippen LogP contribution in [-0.4, -0.2) is 12.6 Å². The molecule has 0 aliphatic rings. The third-order valence-corrected chi connectivity index (χ3v) is 4.58. The molecule has 2 nitrogen and oxygen atoms in total. The molecule has 0 N–H and O–H groups in total. The van der Waals surface area contributed by atoms with Crippen molar-refractivity contribution < 1.29 is 9.53 Å². The summed E-state index contributed by atoms with van der Waals surface area (Å²) in [6.45, 7) is 14.8. The van der Waals surface area contributed by atoms with Gasteiger partial charge in [-0.25, -0.2) is 0 Å². The Morgan fingerprint density at radius 2 is 1.12 bits per heavy atom. The summed E-state index contributed by atoms with van der Waals surface area (Å²) in [5.74, 6) is -0.534. The lowest BCUT2D eigenvalue weighted by molar-refractivity contribution is -0.143. The van der Waals surface area contributed by atoms with Crippen LogP contribution in [0.25, 0.3) is 0 Å². The maximum Gasteiger partial charge on any atom is 0.317 e. The number of rotatable bonds is 4. The van der Waals surface area contributed by atoms with Gasteiger partial charge >= 0.3 is 5.97 Å². The monoisotopic (exact) mass is 324 g/mol. The first kappa shape index (κ1) is 18.3. The zero-order valence-corrected chi connectivity index (χ0v) is 15.9. The predicted octanol–water partition coefficient (Wildman–Crippen LogP) is 5.23. The molecule has 0 aliphatic carbocycles. The fourth-order valence-electron chi connectivity index (χ4n) is 3.90. The molecule has 2 heteroatoms. The van der Waals surface area contributed by atoms with Gasteiger partial charge in [-0.1, -0.05) is 35.4 Å². The molecule has 128 valence electrons. The Morgan fingerprint density at radius 3 is 1.42 bits per heavy atom. The van der Waals surface area contributed by atoms with E-state index in [4.69, 9.17) is 4.74 Å². The number of aryl methyl sites for hydroxylation is 6. The van der Waals surface area contributed by atoms with Crippen LogP contribution in [0.2, 0.25) is 0 Å². The molecular weight excluding hydrogens is 296 g/mol. The van der Waals surface area contributed by atoms with Crippen molar-refractivity contribution in [2.24, 2.45) is 0 Å². The van der Waals surface area contributed by atoms with Gasteiger partial charge in [0.15, 0.2) is 0 Å². The largest absolute Gasteiger partial charge is 0.465 e. The fraction of sp³-hybridized carbons (Fsp3) is 0.409. The molecule has 0 aliphatic heterocycles. The van der Waals surface area contributed by atoms with E-state index >= 15 is 0 Å². The highest BCUT2D eigenvalue weighted by Crippen LogP contribution is 2.36. The molecule has 0 atom stereocenters. The van der Waals surface area contributed by atoms with Gasteiger partial charge in [0, 0.05) is 0 Å². The quantitative estimate of drug-likeness (QED) is 0.720. The van der Waals surface area contributed by atoms with Crippen LogP contribution in [0.3, 0.4) is 0 Å². The topological polar surface area (TPSA) is 26.3 Å². The van der Waals surface area contributed by atoms with E-state index < -0.39 is 0 Å². The van der Waals surface area contributed by atoms with Crippen LogP contribution in [0.5, 0.6) is 0 Å². The smallest absolute Gasteiger partial charge is 0.317 e. The molecule has 2 rings (SSSR count). The van der Waals surface area contributed by atoms with Gasteiger partial charge in [-0.15, -0.1) is 0 Å². The van der Waals surface area contributed by atoms with E-state index in [1.807, 2.05) is 6.92 Å². The van der Waals surface area contributed by atoms with Crippen LogP contribution in [0.15, 0.2) is 24.3 Å². The maximum absolute atomic E-state index is 12.9. The van der Waals surface area contributed by atoms with Gasteiger partial charge in [0.1, 0.15) is 5.92 Å². The first-order chi connectivity index (χ1) is 11.3. The first-order valence-corrected chi connectivity index (χ1v) is 8.58. The van der Waals surface area contributed by atoms with Gasteiger partial charge in [-0.3, -0.25) is 4.79 Å². The molecule has 2 aromatic rings. The van der Waals surface area contributed by atoms with Gasteiger partial charge < -0.3 is 4.74 Å². The summed E-state index contributed by atoms with van der Waals surface area (Å²) in [6.07, 6.45) is 0. The van der Waals surface area contributed by atoms with E-state index in [9.17, 15) is 4.79 Å². The third kappa shape index (κ3) is 3.53. The number of carbonyl (C=O) groups is 1. The molecule has 0 heterocycles. The SMILES string of the molecule is CCOC(=O)C(c1c(C)cc(C)cc1C)c1c(C)cc(C)cc1C. The summed E-state index contributed by atoms with van der Waals surface area (Å²) in [5, 5.41) is 0. The highest BCUT2D eigenvalue weighted by atomic mass is 16.5. The Morgan fingerprint density at radius 1 is 0.792 bits per heavy atom. The average molecular weight is 324 g/mol. The van der Waals surface area contributed by atoms with E-state index in [-0.39, 0.29) is 11.9 Å². The summed E-state index contributed by atoms with van der Waals surface area (Å²) < 4.78 is 5.45. The van der Waals surface area contributed by atoms with Gasteiger partial charge in [-0.05, 0) is 81.8 Å². The average Bonchev–Trinajstić information content (AvgIpc) is 2.43. The highest BCUT2D eigenvalue weighted by Gasteiger charge is 2.30. The summed E-state index contributed by atoms with van der Waals surface area (Å²) in [6, 6.07) is 8.58. The van der Waals surface area contributed by atoms with Crippen LogP contribution in [-0.2, 0) is 9.53 Å². The van der Waals surface area contributed by atoms with Crippen molar-refractivity contribution in [3.8, 4) is 0 Å². The van der Waals surface area contributed by atoms with Crippen LogP contribution >= 0.6 is 0 Å². The molecule has 0 saturated heterocycles. The fourth-order valence-corrected chi connectivity index (χ4v) is 3.90. The maximum atomic E-state index is 12.9. The Labute approximate surface area is 145 Å². The van der Waals surface area contributed by atoms with Crippen molar-refractivity contribution in [2.45, 2.75) is 54.4 Å². The number of hydrogen-bond acceptors (Lipinski definition) is 2. The summed E-state index contributed by atoms with van der Waals surface area (Å²) in [5.41, 5.74) is 9.16. The summed E-state index contributed by atoms with van der Waals surface area (Å²) in [4.78, 5) is 12.9. The highest BCUT2D eigenvalue weighted by molar-refractivity contribution is 5.84. The standard InChI is InChI=1S/C22H28O2/c1-8-24-22(23)21(19-15(4)9-13(2)10-16(19)5)20-17(6)11-14(3)12-18(20)7/h9-12,21H,8H2,1-7H3. The van der Waals surface area contributed by atoms with Crippen molar-refractivity contribution in [1.29, 1.82) is 0 Å². The lowest BCUT2D eigenvalue weighted by Crippen LogP contribution is -2.21. The lowest BCUT2D eigenvalue weighted by atomic mass is 9.80. The van der Waals surface area contributed by atoms with Crippen LogP contribution < -0.4 is 0 Å². The van der Waals surface area contributed by atoms with Crippen LogP contribution in [0.4, 0.5) is 0 Å². The van der Waals surface area contributed by atoms with Gasteiger partial charge in [0.05, 0.1) is 6.61 Å². The molecule has 0 bridgehead atoms. The molecule has 0 fully saturated rings. The third-order valence-electron chi connectivity index (χ3n) is 4.58. The molecule has 0 aromatic heterocycles. The minimum absolute atomic E-state index is 0.164. The Kier molecular flexibility index (Phi) is 5.48. The summed E-state index contributed by atoms with van der Waals surface area (Å²) in [7, 11) is 0. The number of hydrogen-bond donors (Lipinski definition) is 0. The van der Waals surface area contributed by atoms with Crippen molar-refractivity contribution in [1.82, 2.24) is 0 Å². The number of benzene rings is 2. The molecule has 0 saturated carbocycles. The second-order valence-electron chi connectivity index (χ2n) is 6.81. The van der Waals surface area contributed by atoms with Crippen molar-refractivity contribution in [3.05, 3.63) is 68.8 Å². The van der Waals surface area contributed by atoms with Crippen LogP contribution in [0.1, 0.15) is 57.3 Å². The normalized spacial score (nSPS) is 11.0. The van der Waals surface area contributed by atoms with Gasteiger partial charge in [0.25, 0.3) is 0 Å². The molecule has 24 heavy (non-hydrogen) atoms. The Hall–Kier alpha value is -2.09. The molecule has 0 unspecified atom stereocenters. The van der Waals surface area contributed by atoms with E-state index in [1.165, 1.54) is 11.1 Å². The number of carbonyl (C=O) groups excluding carboxylic acids is 1. The van der Waals surface area contributed by atoms with Crippen molar-refractivity contribution in [2.75, 3.05) is 6.61 Å². The zero-order chi connectivity index (χ0) is 18.0. The Bertz CT molecular complexity index is 668. The Balaban J connectivity index is 2.75. The van der Waals surface area contributed by atoms with Gasteiger partial charge in [0.2, 0.25) is 0 Å². The van der Waals surface area contributed by atoms with Crippen molar-refractivity contribution in [3.63, 3.8) is 0 Å². The summed E-state index contributed by atoms with van der Waals surface area (Å²) >= 11 is 0. The number of esters is 1. The minimum atomic E-state index is -0.369. The predicted molar refractivity (Wildman–Crippen MR) is 99.8 cm³/mol. The second-order valence-corrected chi connectivity index (χ2v) is 6.81.